The highest BCUT2D eigenvalue weighted by molar-refractivity contribution is 9.09. The van der Waals surface area contributed by atoms with E-state index < -0.39 is 97.9 Å². The van der Waals surface area contributed by atoms with E-state index in [-0.39, 0.29) is 5.33 Å². The number of aliphatic hydroxyl groups excluding tert-OH is 1. The topological polar surface area (TPSA) is 179 Å². The van der Waals surface area contributed by atoms with Gasteiger partial charge in [0, 0.05) is 39.9 Å². The third kappa shape index (κ3) is 8.56. The zero-order valence-electron chi connectivity index (χ0n) is 21.2. The van der Waals surface area contributed by atoms with E-state index >= 15 is 0 Å². The molecule has 1 N–H and O–H groups in total. The highest BCUT2D eigenvalue weighted by atomic mass is 79.9. The standard InChI is InChI=1S/C22H30BrFO14/c1-8(25)31-7-14-16(18(33-10(3)27)19(21(24)36-14)34-11(4)28)38-22-20(35-12(5)29)17(32-9(2)26)15(30)13(6-23)37-22/h13-22,30H,6-7H2,1-5H3/t13?,14?,15-,16-,17-,18-,19?,20?,21+,22-/m0/s1. The van der Waals surface area contributed by atoms with Crippen molar-refractivity contribution >= 4 is 45.8 Å². The van der Waals surface area contributed by atoms with Gasteiger partial charge in [-0.3, -0.25) is 24.0 Å². The van der Waals surface area contributed by atoms with E-state index in [4.69, 9.17) is 37.9 Å². The van der Waals surface area contributed by atoms with E-state index in [0.29, 0.717) is 0 Å². The molecular weight excluding hydrogens is 587 g/mol. The van der Waals surface area contributed by atoms with Gasteiger partial charge in [0.15, 0.2) is 30.7 Å². The molecule has 0 aliphatic carbocycles. The van der Waals surface area contributed by atoms with E-state index in [1.54, 1.807) is 0 Å². The lowest BCUT2D eigenvalue weighted by Gasteiger charge is -2.47. The first-order valence-electron chi connectivity index (χ1n) is 11.4. The molecule has 2 fully saturated rings. The second-order valence-electron chi connectivity index (χ2n) is 8.41. The molecular formula is C22H30BrFO14. The Morgan fingerprint density at radius 2 is 1.21 bits per heavy atom. The van der Waals surface area contributed by atoms with E-state index in [1.807, 2.05) is 0 Å². The summed E-state index contributed by atoms with van der Waals surface area (Å²) in [5.74, 6) is -4.27. The van der Waals surface area contributed by atoms with E-state index in [9.17, 15) is 33.5 Å². The molecule has 2 saturated heterocycles. The van der Waals surface area contributed by atoms with Crippen molar-refractivity contribution in [3.63, 3.8) is 0 Å². The quantitative estimate of drug-likeness (QED) is 0.205. The normalized spacial score (nSPS) is 34.9. The van der Waals surface area contributed by atoms with Crippen molar-refractivity contribution in [1.29, 1.82) is 0 Å². The summed E-state index contributed by atoms with van der Waals surface area (Å²) < 4.78 is 57.6. The van der Waals surface area contributed by atoms with Crippen LogP contribution in [0.4, 0.5) is 4.39 Å². The van der Waals surface area contributed by atoms with Gasteiger partial charge >= 0.3 is 29.8 Å². The zero-order chi connectivity index (χ0) is 28.7. The molecule has 10 atom stereocenters. The first kappa shape index (κ1) is 31.8. The van der Waals surface area contributed by atoms with Crippen LogP contribution in [0.25, 0.3) is 0 Å². The number of aliphatic hydroxyl groups is 1. The maximum absolute atomic E-state index is 15.0. The summed E-state index contributed by atoms with van der Waals surface area (Å²) in [5, 5.41) is 10.7. The largest absolute Gasteiger partial charge is 0.463 e. The number of halogens is 2. The van der Waals surface area contributed by atoms with Crippen molar-refractivity contribution in [3.05, 3.63) is 0 Å². The molecule has 4 unspecified atom stereocenters. The lowest BCUT2D eigenvalue weighted by Crippen LogP contribution is -2.66. The fraction of sp³-hybridized carbons (Fsp3) is 0.773. The van der Waals surface area contributed by atoms with Crippen molar-refractivity contribution in [2.75, 3.05) is 11.9 Å². The molecule has 14 nitrogen and oxygen atoms in total. The Kier molecular flexibility index (Phi) is 11.8. The molecule has 216 valence electrons. The Balaban J connectivity index is 2.54. The SMILES string of the molecule is CC(=O)OCC1O[C@@H](F)C(OC(C)=O)[C@@H](OC(C)=O)[C@H]1O[C@@H]1OC(CBr)[C@H](O)[C@H](OC(C)=O)C1OC(C)=O. The smallest absolute Gasteiger partial charge is 0.303 e. The summed E-state index contributed by atoms with van der Waals surface area (Å²) >= 11 is 3.16. The highest BCUT2D eigenvalue weighted by Crippen LogP contribution is 2.34. The number of esters is 5. The maximum Gasteiger partial charge on any atom is 0.303 e. The Morgan fingerprint density at radius 1 is 0.711 bits per heavy atom. The molecule has 0 aromatic heterocycles. The first-order valence-corrected chi connectivity index (χ1v) is 12.5. The van der Waals surface area contributed by atoms with Gasteiger partial charge < -0.3 is 43.0 Å². The van der Waals surface area contributed by atoms with Crippen LogP contribution in [0.1, 0.15) is 34.6 Å². The number of carbonyl (C=O) groups excluding carboxylic acids is 5. The fourth-order valence-corrected chi connectivity index (χ4v) is 4.47. The van der Waals surface area contributed by atoms with Crippen LogP contribution in [0.2, 0.25) is 0 Å². The van der Waals surface area contributed by atoms with Crippen molar-refractivity contribution < 1.29 is 71.4 Å². The number of hydrogen-bond donors (Lipinski definition) is 1. The average Bonchev–Trinajstić information content (AvgIpc) is 2.79. The molecule has 0 radical (unpaired) electrons. The number of hydrogen-bond acceptors (Lipinski definition) is 14. The van der Waals surface area contributed by atoms with Crippen LogP contribution in [0.5, 0.6) is 0 Å². The number of rotatable bonds is 9. The van der Waals surface area contributed by atoms with Gasteiger partial charge in [0.2, 0.25) is 6.36 Å². The molecule has 0 bridgehead atoms. The van der Waals surface area contributed by atoms with Gasteiger partial charge in [-0.25, -0.2) is 4.39 Å². The Hall–Kier alpha value is -2.40. The minimum Gasteiger partial charge on any atom is -0.463 e. The van der Waals surface area contributed by atoms with Crippen LogP contribution in [0.3, 0.4) is 0 Å². The predicted molar refractivity (Wildman–Crippen MR) is 122 cm³/mol. The maximum atomic E-state index is 15.0. The Labute approximate surface area is 225 Å². The molecule has 2 rings (SSSR count). The van der Waals surface area contributed by atoms with Gasteiger partial charge in [-0.05, 0) is 0 Å². The third-order valence-electron chi connectivity index (χ3n) is 5.30. The predicted octanol–water partition coefficient (Wildman–Crippen LogP) is -0.163. The van der Waals surface area contributed by atoms with Crippen molar-refractivity contribution in [2.45, 2.75) is 96.1 Å². The summed E-state index contributed by atoms with van der Waals surface area (Å²) in [5.41, 5.74) is 0. The molecule has 0 aromatic rings. The molecule has 2 aliphatic heterocycles. The lowest BCUT2D eigenvalue weighted by molar-refractivity contribution is -0.346. The summed E-state index contributed by atoms with van der Waals surface area (Å²) in [6, 6.07) is 0. The summed E-state index contributed by atoms with van der Waals surface area (Å²) in [6.45, 7) is 4.61. The van der Waals surface area contributed by atoms with Gasteiger partial charge in [0.05, 0.1) is 0 Å². The Bertz CT molecular complexity index is 886. The molecule has 0 spiro atoms. The van der Waals surface area contributed by atoms with Crippen molar-refractivity contribution in [2.24, 2.45) is 0 Å². The minimum absolute atomic E-state index is 0.00657. The van der Waals surface area contributed by atoms with Crippen molar-refractivity contribution in [3.8, 4) is 0 Å². The van der Waals surface area contributed by atoms with Crippen LogP contribution in [-0.4, -0.2) is 108 Å². The van der Waals surface area contributed by atoms with Crippen LogP contribution < -0.4 is 0 Å². The third-order valence-corrected chi connectivity index (χ3v) is 5.94. The van der Waals surface area contributed by atoms with Gasteiger partial charge in [-0.15, -0.1) is 0 Å². The highest BCUT2D eigenvalue weighted by Gasteiger charge is 2.56. The molecule has 0 saturated carbocycles. The number of carbonyl (C=O) groups is 5. The van der Waals surface area contributed by atoms with Gasteiger partial charge in [-0.2, -0.15) is 0 Å². The summed E-state index contributed by atoms with van der Waals surface area (Å²) in [6.07, 6.45) is -16.0. The van der Waals surface area contributed by atoms with Gasteiger partial charge in [0.1, 0.15) is 31.0 Å². The summed E-state index contributed by atoms with van der Waals surface area (Å²) in [4.78, 5) is 58.7. The monoisotopic (exact) mass is 616 g/mol. The van der Waals surface area contributed by atoms with Crippen molar-refractivity contribution in [1.82, 2.24) is 0 Å². The number of ether oxygens (including phenoxy) is 8. The minimum atomic E-state index is -2.33. The molecule has 2 aliphatic rings. The molecule has 2 heterocycles. The van der Waals surface area contributed by atoms with Crippen LogP contribution >= 0.6 is 15.9 Å². The second kappa shape index (κ2) is 14.1. The molecule has 16 heteroatoms. The van der Waals surface area contributed by atoms with Gasteiger partial charge in [-0.1, -0.05) is 15.9 Å². The van der Waals surface area contributed by atoms with E-state index in [2.05, 4.69) is 15.9 Å². The fourth-order valence-electron chi connectivity index (χ4n) is 3.93. The van der Waals surface area contributed by atoms with E-state index in [0.717, 1.165) is 34.6 Å². The van der Waals surface area contributed by atoms with Gasteiger partial charge in [0.25, 0.3) is 0 Å². The Morgan fingerprint density at radius 3 is 1.71 bits per heavy atom. The average molecular weight is 617 g/mol. The van der Waals surface area contributed by atoms with Crippen LogP contribution in [0.15, 0.2) is 0 Å². The summed E-state index contributed by atoms with van der Waals surface area (Å²) in [7, 11) is 0. The van der Waals surface area contributed by atoms with Crippen LogP contribution in [-0.2, 0) is 61.9 Å². The lowest BCUT2D eigenvalue weighted by atomic mass is 9.96. The zero-order valence-corrected chi connectivity index (χ0v) is 22.8. The molecule has 0 amide bonds. The second-order valence-corrected chi connectivity index (χ2v) is 9.06. The molecule has 38 heavy (non-hydrogen) atoms. The van der Waals surface area contributed by atoms with Crippen LogP contribution in [0, 0.1) is 0 Å². The molecule has 0 aromatic carbocycles. The first-order chi connectivity index (χ1) is 17.7. The number of alkyl halides is 2. The van der Waals surface area contributed by atoms with E-state index in [1.165, 1.54) is 0 Å².